The fourth-order valence-electron chi connectivity index (χ4n) is 3.13. The summed E-state index contributed by atoms with van der Waals surface area (Å²) in [6.07, 6.45) is 5.62. The zero-order valence-corrected chi connectivity index (χ0v) is 14.7. The highest BCUT2D eigenvalue weighted by atomic mass is 16.2. The molecule has 8 nitrogen and oxygen atoms in total. The van der Waals surface area contributed by atoms with Gasteiger partial charge in [-0.15, -0.1) is 5.10 Å². The standard InChI is InChI=1S/C17H24N6O2/c1-3-23-11-14(20-21-23)19-16(24)15-12(2)6-8-22(17(15)25)10-13-5-4-7-18-9-13/h6,8,11,13,18H,3-5,7,9-10H2,1-2H3,(H,19,24). The van der Waals surface area contributed by atoms with Gasteiger partial charge in [0.25, 0.3) is 11.5 Å². The van der Waals surface area contributed by atoms with E-state index in [-0.39, 0.29) is 11.1 Å². The Morgan fingerprint density at radius 2 is 2.32 bits per heavy atom. The van der Waals surface area contributed by atoms with Crippen LogP contribution < -0.4 is 16.2 Å². The molecule has 0 bridgehead atoms. The van der Waals surface area contributed by atoms with Gasteiger partial charge in [0.05, 0.1) is 6.20 Å². The smallest absolute Gasteiger partial charge is 0.263 e. The van der Waals surface area contributed by atoms with Crippen molar-refractivity contribution in [2.45, 2.75) is 39.8 Å². The van der Waals surface area contributed by atoms with Gasteiger partial charge in [-0.1, -0.05) is 5.21 Å². The van der Waals surface area contributed by atoms with E-state index >= 15 is 0 Å². The first-order valence-electron chi connectivity index (χ1n) is 8.70. The maximum absolute atomic E-state index is 12.8. The summed E-state index contributed by atoms with van der Waals surface area (Å²) in [4.78, 5) is 25.4. The van der Waals surface area contributed by atoms with Crippen molar-refractivity contribution in [3.63, 3.8) is 0 Å². The van der Waals surface area contributed by atoms with Crippen LogP contribution in [0.5, 0.6) is 0 Å². The second-order valence-electron chi connectivity index (χ2n) is 6.46. The molecule has 1 aliphatic rings. The normalized spacial score (nSPS) is 17.4. The number of nitrogens with zero attached hydrogens (tertiary/aromatic N) is 4. The van der Waals surface area contributed by atoms with E-state index in [1.807, 2.05) is 13.0 Å². The van der Waals surface area contributed by atoms with Gasteiger partial charge in [-0.3, -0.25) is 14.3 Å². The van der Waals surface area contributed by atoms with E-state index in [2.05, 4.69) is 20.9 Å². The Bertz CT molecular complexity index is 804. The maximum Gasteiger partial charge on any atom is 0.263 e. The number of carbonyl (C=O) groups excluding carboxylic acids is 1. The van der Waals surface area contributed by atoms with Crippen molar-refractivity contribution in [1.82, 2.24) is 24.9 Å². The molecule has 1 amide bonds. The summed E-state index contributed by atoms with van der Waals surface area (Å²) >= 11 is 0. The predicted molar refractivity (Wildman–Crippen MR) is 94.7 cm³/mol. The van der Waals surface area contributed by atoms with Crippen LogP contribution in [0.15, 0.2) is 23.3 Å². The van der Waals surface area contributed by atoms with Crippen molar-refractivity contribution in [3.05, 3.63) is 39.9 Å². The van der Waals surface area contributed by atoms with E-state index in [9.17, 15) is 9.59 Å². The quantitative estimate of drug-likeness (QED) is 0.845. The molecule has 134 valence electrons. The van der Waals surface area contributed by atoms with Gasteiger partial charge < -0.3 is 15.2 Å². The second kappa shape index (κ2) is 7.60. The van der Waals surface area contributed by atoms with E-state index < -0.39 is 5.91 Å². The lowest BCUT2D eigenvalue weighted by molar-refractivity contribution is 0.102. The van der Waals surface area contributed by atoms with Crippen molar-refractivity contribution in [2.24, 2.45) is 5.92 Å². The molecule has 1 fully saturated rings. The van der Waals surface area contributed by atoms with Crippen LogP contribution in [-0.4, -0.2) is 38.6 Å². The fraction of sp³-hybridized carbons (Fsp3) is 0.529. The van der Waals surface area contributed by atoms with Crippen LogP contribution in [0, 0.1) is 12.8 Å². The molecule has 1 unspecified atom stereocenters. The number of amides is 1. The first-order chi connectivity index (χ1) is 12.1. The molecule has 0 radical (unpaired) electrons. The molecule has 0 spiro atoms. The van der Waals surface area contributed by atoms with Gasteiger partial charge in [0.1, 0.15) is 5.56 Å². The minimum absolute atomic E-state index is 0.164. The third-order valence-electron chi connectivity index (χ3n) is 4.56. The van der Waals surface area contributed by atoms with E-state index in [0.29, 0.717) is 30.4 Å². The van der Waals surface area contributed by atoms with Crippen molar-refractivity contribution in [3.8, 4) is 0 Å². The summed E-state index contributed by atoms with van der Waals surface area (Å²) in [5.41, 5.74) is 0.562. The molecule has 1 saturated heterocycles. The lowest BCUT2D eigenvalue weighted by Crippen LogP contribution is -2.36. The summed E-state index contributed by atoms with van der Waals surface area (Å²) in [7, 11) is 0. The van der Waals surface area contributed by atoms with Crippen molar-refractivity contribution < 1.29 is 4.79 Å². The molecule has 25 heavy (non-hydrogen) atoms. The van der Waals surface area contributed by atoms with Crippen molar-refractivity contribution in [1.29, 1.82) is 0 Å². The number of aromatic nitrogens is 4. The molecule has 8 heteroatoms. The van der Waals surface area contributed by atoms with Gasteiger partial charge in [-0.25, -0.2) is 0 Å². The third kappa shape index (κ3) is 3.96. The molecular formula is C17H24N6O2. The molecule has 3 rings (SSSR count). The molecule has 2 aromatic rings. The molecule has 1 atom stereocenters. The van der Waals surface area contributed by atoms with E-state index in [1.165, 1.54) is 0 Å². The zero-order valence-electron chi connectivity index (χ0n) is 14.7. The molecule has 0 aromatic carbocycles. The molecular weight excluding hydrogens is 320 g/mol. The number of pyridine rings is 1. The topological polar surface area (TPSA) is 93.8 Å². The lowest BCUT2D eigenvalue weighted by atomic mass is 9.99. The first-order valence-corrected chi connectivity index (χ1v) is 8.70. The van der Waals surface area contributed by atoms with Crippen LogP contribution in [0.3, 0.4) is 0 Å². The highest BCUT2D eigenvalue weighted by Gasteiger charge is 2.19. The number of hydrogen-bond acceptors (Lipinski definition) is 5. The summed E-state index contributed by atoms with van der Waals surface area (Å²) in [5, 5.41) is 13.8. The highest BCUT2D eigenvalue weighted by Crippen LogP contribution is 2.13. The average molecular weight is 344 g/mol. The number of carbonyl (C=O) groups is 1. The molecule has 0 aliphatic carbocycles. The van der Waals surface area contributed by atoms with Gasteiger partial charge in [-0.2, -0.15) is 0 Å². The first kappa shape index (κ1) is 17.3. The number of rotatable bonds is 5. The van der Waals surface area contributed by atoms with Crippen LogP contribution in [0.4, 0.5) is 5.82 Å². The number of aryl methyl sites for hydroxylation is 2. The van der Waals surface area contributed by atoms with Crippen LogP contribution in [0.25, 0.3) is 0 Å². The molecule has 2 N–H and O–H groups in total. The van der Waals surface area contributed by atoms with Crippen LogP contribution in [-0.2, 0) is 13.1 Å². The summed E-state index contributed by atoms with van der Waals surface area (Å²) in [6, 6.07) is 1.81. The Balaban J connectivity index is 1.80. The monoisotopic (exact) mass is 344 g/mol. The van der Waals surface area contributed by atoms with Crippen LogP contribution in [0.1, 0.15) is 35.7 Å². The number of nitrogens with one attached hydrogen (secondary N) is 2. The largest absolute Gasteiger partial charge is 0.316 e. The molecule has 2 aromatic heterocycles. The summed E-state index contributed by atoms with van der Waals surface area (Å²) < 4.78 is 3.25. The van der Waals surface area contributed by atoms with Crippen LogP contribution >= 0.6 is 0 Å². The Labute approximate surface area is 146 Å². The Kier molecular flexibility index (Phi) is 5.28. The zero-order chi connectivity index (χ0) is 17.8. The SMILES string of the molecule is CCn1cc(NC(=O)c2c(C)ccn(CC3CCCNC3)c2=O)nn1. The minimum Gasteiger partial charge on any atom is -0.316 e. The molecule has 3 heterocycles. The Morgan fingerprint density at radius 3 is 3.00 bits per heavy atom. The number of anilines is 1. The molecule has 1 aliphatic heterocycles. The van der Waals surface area contributed by atoms with Crippen molar-refractivity contribution in [2.75, 3.05) is 18.4 Å². The number of hydrogen-bond donors (Lipinski definition) is 2. The second-order valence-corrected chi connectivity index (χ2v) is 6.46. The fourth-order valence-corrected chi connectivity index (χ4v) is 3.13. The highest BCUT2D eigenvalue weighted by molar-refractivity contribution is 6.04. The van der Waals surface area contributed by atoms with E-state index in [4.69, 9.17) is 0 Å². The third-order valence-corrected chi connectivity index (χ3v) is 4.56. The van der Waals surface area contributed by atoms with Gasteiger partial charge in [0, 0.05) is 19.3 Å². The van der Waals surface area contributed by atoms with Gasteiger partial charge in [0.2, 0.25) is 0 Å². The Hall–Kier alpha value is -2.48. The van der Waals surface area contributed by atoms with Gasteiger partial charge in [-0.05, 0) is 57.3 Å². The predicted octanol–water partition coefficient (Wildman–Crippen LogP) is 1.02. The Morgan fingerprint density at radius 1 is 1.48 bits per heavy atom. The van der Waals surface area contributed by atoms with Crippen molar-refractivity contribution >= 4 is 11.7 Å². The van der Waals surface area contributed by atoms with Crippen LogP contribution in [0.2, 0.25) is 0 Å². The minimum atomic E-state index is -0.443. The average Bonchev–Trinajstić information content (AvgIpc) is 3.06. The van der Waals surface area contributed by atoms with E-state index in [0.717, 1.165) is 25.9 Å². The summed E-state index contributed by atoms with van der Waals surface area (Å²) in [5.74, 6) is 0.314. The number of piperidine rings is 1. The van der Waals surface area contributed by atoms with Gasteiger partial charge >= 0.3 is 0 Å². The molecule has 0 saturated carbocycles. The lowest BCUT2D eigenvalue weighted by Gasteiger charge is -2.23. The van der Waals surface area contributed by atoms with E-state index in [1.54, 1.807) is 28.6 Å². The van der Waals surface area contributed by atoms with Gasteiger partial charge in [0.15, 0.2) is 5.82 Å². The maximum atomic E-state index is 12.8. The summed E-state index contributed by atoms with van der Waals surface area (Å²) in [6.45, 7) is 6.92.